The van der Waals surface area contributed by atoms with E-state index in [0.29, 0.717) is 18.5 Å². The van der Waals surface area contributed by atoms with Crippen LogP contribution >= 0.6 is 11.3 Å². The summed E-state index contributed by atoms with van der Waals surface area (Å²) in [6.45, 7) is 3.08. The monoisotopic (exact) mass is 303 g/mol. The van der Waals surface area contributed by atoms with Gasteiger partial charge in [-0.3, -0.25) is 9.69 Å². The molecule has 0 aliphatic heterocycles. The minimum atomic E-state index is -0.685. The van der Waals surface area contributed by atoms with Gasteiger partial charge in [-0.2, -0.15) is 5.26 Å². The summed E-state index contributed by atoms with van der Waals surface area (Å²) in [7, 11) is 0. The van der Waals surface area contributed by atoms with Crippen molar-refractivity contribution in [2.24, 2.45) is 5.92 Å². The quantitative estimate of drug-likeness (QED) is 0.842. The van der Waals surface area contributed by atoms with Gasteiger partial charge in [-0.15, -0.1) is 11.3 Å². The smallest absolute Gasteiger partial charge is 0.235 e. The highest BCUT2D eigenvalue weighted by molar-refractivity contribution is 7.09. The molecule has 2 saturated carbocycles. The first-order valence-electron chi connectivity index (χ1n) is 7.59. The maximum absolute atomic E-state index is 12.3. The Kier molecular flexibility index (Phi) is 4.01. The maximum Gasteiger partial charge on any atom is 0.235 e. The van der Waals surface area contributed by atoms with Crippen molar-refractivity contribution in [2.45, 2.75) is 50.7 Å². The highest BCUT2D eigenvalue weighted by Crippen LogP contribution is 2.39. The Morgan fingerprint density at radius 3 is 2.81 bits per heavy atom. The molecule has 5 heteroatoms. The van der Waals surface area contributed by atoms with Crippen molar-refractivity contribution in [2.75, 3.05) is 6.54 Å². The van der Waals surface area contributed by atoms with Crippen molar-refractivity contribution in [3.8, 4) is 6.07 Å². The van der Waals surface area contributed by atoms with Gasteiger partial charge in [0.25, 0.3) is 0 Å². The molecule has 1 aromatic rings. The van der Waals surface area contributed by atoms with Gasteiger partial charge in [0.05, 0.1) is 12.6 Å². The Labute approximate surface area is 129 Å². The molecule has 1 atom stereocenters. The number of nitriles is 1. The fourth-order valence-corrected chi connectivity index (χ4v) is 3.48. The zero-order valence-electron chi connectivity index (χ0n) is 12.3. The van der Waals surface area contributed by atoms with Crippen LogP contribution in [-0.4, -0.2) is 28.9 Å². The van der Waals surface area contributed by atoms with Gasteiger partial charge in [0, 0.05) is 17.5 Å². The summed E-state index contributed by atoms with van der Waals surface area (Å²) < 4.78 is 0. The molecule has 4 nitrogen and oxygen atoms in total. The molecule has 0 unspecified atom stereocenters. The molecular formula is C16H21N3OS. The third-order valence-electron chi connectivity index (χ3n) is 4.37. The lowest BCUT2D eigenvalue weighted by atomic mass is 9.98. The molecule has 112 valence electrons. The fourth-order valence-electron chi connectivity index (χ4n) is 2.75. The van der Waals surface area contributed by atoms with Crippen molar-refractivity contribution in [1.82, 2.24) is 10.2 Å². The van der Waals surface area contributed by atoms with Crippen molar-refractivity contribution in [1.29, 1.82) is 5.26 Å². The Morgan fingerprint density at radius 2 is 2.29 bits per heavy atom. The average molecular weight is 303 g/mol. The first-order valence-corrected chi connectivity index (χ1v) is 8.47. The number of rotatable bonds is 7. The molecule has 1 amide bonds. The lowest BCUT2D eigenvalue weighted by Gasteiger charge is -2.26. The summed E-state index contributed by atoms with van der Waals surface area (Å²) in [5, 5.41) is 14.4. The summed E-state index contributed by atoms with van der Waals surface area (Å²) in [5.41, 5.74) is -0.685. The standard InChI is InChI=1S/C16H21N3OS/c1-16(11-17,12-4-5-12)18-15(20)10-19(13-6-7-13)9-14-3-2-8-21-14/h2-3,8,12-13H,4-7,9-10H2,1H3,(H,18,20)/t16-/m1/s1. The topological polar surface area (TPSA) is 56.1 Å². The lowest BCUT2D eigenvalue weighted by Crippen LogP contribution is -2.50. The van der Waals surface area contributed by atoms with Gasteiger partial charge in [-0.05, 0) is 50.0 Å². The van der Waals surface area contributed by atoms with Crippen LogP contribution in [0, 0.1) is 17.2 Å². The van der Waals surface area contributed by atoms with Crippen LogP contribution in [0.3, 0.4) is 0 Å². The molecule has 0 aromatic carbocycles. The second-order valence-corrected chi connectivity index (χ2v) is 7.38. The van der Waals surface area contributed by atoms with E-state index >= 15 is 0 Å². The summed E-state index contributed by atoms with van der Waals surface area (Å²) in [6, 6.07) is 6.98. The molecule has 0 bridgehead atoms. The van der Waals surface area contributed by atoms with Gasteiger partial charge in [0.1, 0.15) is 5.54 Å². The number of carbonyl (C=O) groups is 1. The molecule has 0 radical (unpaired) electrons. The van der Waals surface area contributed by atoms with Crippen LogP contribution in [0.4, 0.5) is 0 Å². The number of amides is 1. The zero-order valence-corrected chi connectivity index (χ0v) is 13.2. The van der Waals surface area contributed by atoms with Crippen LogP contribution in [-0.2, 0) is 11.3 Å². The van der Waals surface area contributed by atoms with Crippen LogP contribution in [0.1, 0.15) is 37.5 Å². The van der Waals surface area contributed by atoms with Gasteiger partial charge >= 0.3 is 0 Å². The fraction of sp³-hybridized carbons (Fsp3) is 0.625. The number of thiophene rings is 1. The highest BCUT2D eigenvalue weighted by Gasteiger charge is 2.43. The Hall–Kier alpha value is -1.38. The second-order valence-electron chi connectivity index (χ2n) is 6.35. The van der Waals surface area contributed by atoms with E-state index in [1.54, 1.807) is 11.3 Å². The molecule has 1 N–H and O–H groups in total. The van der Waals surface area contributed by atoms with E-state index < -0.39 is 5.54 Å². The van der Waals surface area contributed by atoms with E-state index in [0.717, 1.165) is 19.4 Å². The molecule has 2 aliphatic rings. The van der Waals surface area contributed by atoms with Crippen LogP contribution < -0.4 is 5.32 Å². The number of hydrogen-bond acceptors (Lipinski definition) is 4. The minimum Gasteiger partial charge on any atom is -0.337 e. The Bertz CT molecular complexity index is 542. The second kappa shape index (κ2) is 5.78. The average Bonchev–Trinajstić information content (AvgIpc) is 3.36. The molecule has 0 saturated heterocycles. The largest absolute Gasteiger partial charge is 0.337 e. The first kappa shape index (κ1) is 14.6. The maximum atomic E-state index is 12.3. The molecule has 1 aromatic heterocycles. The third kappa shape index (κ3) is 3.63. The number of nitrogens with zero attached hydrogens (tertiary/aromatic N) is 2. The zero-order chi connectivity index (χ0) is 14.9. The predicted octanol–water partition coefficient (Wildman–Crippen LogP) is 2.52. The van der Waals surface area contributed by atoms with Crippen LogP contribution in [0.15, 0.2) is 17.5 Å². The van der Waals surface area contributed by atoms with Crippen molar-refractivity contribution < 1.29 is 4.79 Å². The van der Waals surface area contributed by atoms with E-state index in [1.165, 1.54) is 17.7 Å². The van der Waals surface area contributed by atoms with Crippen LogP contribution in [0.5, 0.6) is 0 Å². The van der Waals surface area contributed by atoms with Crippen molar-refractivity contribution in [3.63, 3.8) is 0 Å². The van der Waals surface area contributed by atoms with Gasteiger partial charge in [-0.1, -0.05) is 6.07 Å². The summed E-state index contributed by atoms with van der Waals surface area (Å²) >= 11 is 1.73. The minimum absolute atomic E-state index is 0.0191. The van der Waals surface area contributed by atoms with Crippen molar-refractivity contribution in [3.05, 3.63) is 22.4 Å². The van der Waals surface area contributed by atoms with Crippen LogP contribution in [0.2, 0.25) is 0 Å². The van der Waals surface area contributed by atoms with E-state index in [1.807, 2.05) is 13.0 Å². The van der Waals surface area contributed by atoms with Gasteiger partial charge in [0.15, 0.2) is 0 Å². The Balaban J connectivity index is 1.58. The third-order valence-corrected chi connectivity index (χ3v) is 5.24. The molecule has 1 heterocycles. The van der Waals surface area contributed by atoms with E-state index in [9.17, 15) is 10.1 Å². The summed E-state index contributed by atoms with van der Waals surface area (Å²) in [5.74, 6) is 0.313. The number of hydrogen-bond donors (Lipinski definition) is 1. The molecule has 2 aliphatic carbocycles. The highest BCUT2D eigenvalue weighted by atomic mass is 32.1. The van der Waals surface area contributed by atoms with Gasteiger partial charge in [-0.25, -0.2) is 0 Å². The first-order chi connectivity index (χ1) is 10.1. The molecule has 2 fully saturated rings. The molecule has 0 spiro atoms. The lowest BCUT2D eigenvalue weighted by molar-refractivity contribution is -0.124. The van der Waals surface area contributed by atoms with Crippen LogP contribution in [0.25, 0.3) is 0 Å². The normalized spacial score (nSPS) is 20.8. The van der Waals surface area contributed by atoms with E-state index in [-0.39, 0.29) is 5.91 Å². The van der Waals surface area contributed by atoms with Gasteiger partial charge in [0.2, 0.25) is 5.91 Å². The Morgan fingerprint density at radius 1 is 1.52 bits per heavy atom. The number of nitrogens with one attached hydrogen (secondary N) is 1. The number of carbonyl (C=O) groups excluding carboxylic acids is 1. The predicted molar refractivity (Wildman–Crippen MR) is 82.6 cm³/mol. The molecular weight excluding hydrogens is 282 g/mol. The van der Waals surface area contributed by atoms with E-state index in [4.69, 9.17) is 0 Å². The summed E-state index contributed by atoms with van der Waals surface area (Å²) in [4.78, 5) is 15.9. The molecule has 3 rings (SSSR count). The summed E-state index contributed by atoms with van der Waals surface area (Å²) in [6.07, 6.45) is 4.45. The van der Waals surface area contributed by atoms with E-state index in [2.05, 4.69) is 27.7 Å². The van der Waals surface area contributed by atoms with Gasteiger partial charge < -0.3 is 5.32 Å². The van der Waals surface area contributed by atoms with Crippen molar-refractivity contribution >= 4 is 17.2 Å². The SMILES string of the molecule is C[C@](C#N)(NC(=O)CN(Cc1cccs1)C1CC1)C1CC1. The molecule has 21 heavy (non-hydrogen) atoms.